The molecule has 2 aromatic carbocycles. The van der Waals surface area contributed by atoms with Gasteiger partial charge in [0.1, 0.15) is 0 Å². The molecule has 0 amide bonds. The number of aromatic nitrogens is 2. The molecule has 0 aliphatic heterocycles. The molecule has 0 fully saturated rings. The molecular formula is C16H16N2O3. The summed E-state index contributed by atoms with van der Waals surface area (Å²) in [5.41, 5.74) is 4.03. The van der Waals surface area contributed by atoms with E-state index in [-0.39, 0.29) is 0 Å². The molecule has 5 heteroatoms. The zero-order valence-corrected chi connectivity index (χ0v) is 12.4. The molecule has 0 aliphatic carbocycles. The highest BCUT2D eigenvalue weighted by molar-refractivity contribution is 5.89. The predicted octanol–water partition coefficient (Wildman–Crippen LogP) is 2.66. The van der Waals surface area contributed by atoms with Crippen molar-refractivity contribution in [2.24, 2.45) is 0 Å². The van der Waals surface area contributed by atoms with Crippen LogP contribution in [0.25, 0.3) is 22.1 Å². The van der Waals surface area contributed by atoms with E-state index in [1.54, 1.807) is 32.4 Å². The van der Waals surface area contributed by atoms with E-state index in [1.165, 1.54) is 0 Å². The number of rotatable bonds is 2. The van der Waals surface area contributed by atoms with E-state index in [1.807, 2.05) is 19.9 Å². The minimum absolute atomic E-state index is 0.479. The Labute approximate surface area is 122 Å². The molecule has 3 aromatic rings. The fourth-order valence-electron chi connectivity index (χ4n) is 2.56. The average Bonchev–Trinajstić information content (AvgIpc) is 2.49. The number of methoxy groups -OCH3 is 2. The van der Waals surface area contributed by atoms with E-state index in [2.05, 4.69) is 4.98 Å². The van der Waals surface area contributed by atoms with Gasteiger partial charge in [-0.15, -0.1) is 0 Å². The maximum Gasteiger partial charge on any atom is 0.247 e. The summed E-state index contributed by atoms with van der Waals surface area (Å²) < 4.78 is 11.6. The van der Waals surface area contributed by atoms with Gasteiger partial charge in [-0.1, -0.05) is 6.07 Å². The fourth-order valence-corrected chi connectivity index (χ4v) is 2.56. The molecular weight excluding hydrogens is 268 g/mol. The third-order valence-corrected chi connectivity index (χ3v) is 3.81. The summed E-state index contributed by atoms with van der Waals surface area (Å²) in [5.74, 6) is 1.20. The van der Waals surface area contributed by atoms with Crippen molar-refractivity contribution in [2.45, 2.75) is 13.8 Å². The minimum atomic E-state index is 0.479. The van der Waals surface area contributed by atoms with Crippen LogP contribution in [0.1, 0.15) is 11.1 Å². The Morgan fingerprint density at radius 2 is 1.81 bits per heavy atom. The van der Waals surface area contributed by atoms with Gasteiger partial charge in [0.2, 0.25) is 11.0 Å². The van der Waals surface area contributed by atoms with Crippen LogP contribution >= 0.6 is 0 Å². The number of ether oxygens (including phenoxy) is 2. The van der Waals surface area contributed by atoms with Gasteiger partial charge in [-0.05, 0) is 31.0 Å². The molecule has 0 saturated heterocycles. The number of fused-ring (bicyclic) bond motifs is 2. The van der Waals surface area contributed by atoms with Gasteiger partial charge in [-0.2, -0.15) is 4.73 Å². The van der Waals surface area contributed by atoms with Gasteiger partial charge in [0.15, 0.2) is 22.5 Å². The lowest BCUT2D eigenvalue weighted by Crippen LogP contribution is -2.29. The highest BCUT2D eigenvalue weighted by Crippen LogP contribution is 2.32. The van der Waals surface area contributed by atoms with E-state index >= 15 is 0 Å². The number of nitrogens with zero attached hydrogens (tertiary/aromatic N) is 2. The molecule has 0 aliphatic rings. The van der Waals surface area contributed by atoms with Crippen LogP contribution in [0.2, 0.25) is 0 Å². The molecule has 3 rings (SSSR count). The molecule has 0 spiro atoms. The lowest BCUT2D eigenvalue weighted by Gasteiger charge is -2.13. The molecule has 21 heavy (non-hydrogen) atoms. The molecule has 0 unspecified atom stereocenters. The van der Waals surface area contributed by atoms with Crippen LogP contribution in [0.3, 0.4) is 0 Å². The van der Waals surface area contributed by atoms with Gasteiger partial charge in [0.25, 0.3) is 0 Å². The third kappa shape index (κ3) is 1.85. The van der Waals surface area contributed by atoms with Crippen molar-refractivity contribution in [1.29, 1.82) is 0 Å². The Morgan fingerprint density at radius 1 is 1.05 bits per heavy atom. The third-order valence-electron chi connectivity index (χ3n) is 3.81. The summed E-state index contributed by atoms with van der Waals surface area (Å²) in [4.78, 5) is 4.61. The summed E-state index contributed by atoms with van der Waals surface area (Å²) >= 11 is 0. The molecule has 5 nitrogen and oxygen atoms in total. The van der Waals surface area contributed by atoms with Crippen molar-refractivity contribution in [3.05, 3.63) is 40.6 Å². The fraction of sp³-hybridized carbons (Fsp3) is 0.250. The Bertz CT molecular complexity index is 859. The van der Waals surface area contributed by atoms with Crippen molar-refractivity contribution in [3.8, 4) is 11.5 Å². The Morgan fingerprint density at radius 3 is 2.48 bits per heavy atom. The predicted molar refractivity (Wildman–Crippen MR) is 80.8 cm³/mol. The van der Waals surface area contributed by atoms with E-state index in [0.717, 1.165) is 15.9 Å². The van der Waals surface area contributed by atoms with Crippen LogP contribution in [0, 0.1) is 19.1 Å². The first-order valence-electron chi connectivity index (χ1n) is 6.62. The second kappa shape index (κ2) is 4.77. The van der Waals surface area contributed by atoms with Gasteiger partial charge in [0, 0.05) is 12.1 Å². The lowest BCUT2D eigenvalue weighted by molar-refractivity contribution is -0.548. The van der Waals surface area contributed by atoms with Crippen LogP contribution in [0.5, 0.6) is 11.5 Å². The van der Waals surface area contributed by atoms with Crippen LogP contribution in [0.15, 0.2) is 24.3 Å². The summed E-state index contributed by atoms with van der Waals surface area (Å²) in [6, 6.07) is 7.14. The molecule has 1 aromatic heterocycles. The topological polar surface area (TPSA) is 58.3 Å². The zero-order chi connectivity index (χ0) is 15.1. The quantitative estimate of drug-likeness (QED) is 0.412. The van der Waals surface area contributed by atoms with Crippen molar-refractivity contribution < 1.29 is 14.2 Å². The average molecular weight is 284 g/mol. The number of hydrogen-bond donors (Lipinski definition) is 0. The number of aryl methyl sites for hydroxylation is 1. The van der Waals surface area contributed by atoms with Gasteiger partial charge in [0.05, 0.1) is 14.2 Å². The SMILES string of the molecule is COc1cccc2c1nc1c(OC)c(C)c(C)cc1[n+]2[O-]. The largest absolute Gasteiger partial charge is 0.618 e. The summed E-state index contributed by atoms with van der Waals surface area (Å²) in [6.45, 7) is 3.91. The van der Waals surface area contributed by atoms with Crippen LogP contribution in [-0.4, -0.2) is 19.2 Å². The zero-order valence-electron chi connectivity index (χ0n) is 12.4. The smallest absolute Gasteiger partial charge is 0.247 e. The minimum Gasteiger partial charge on any atom is -0.618 e. The summed E-state index contributed by atoms with van der Waals surface area (Å²) in [6.07, 6.45) is 0. The highest BCUT2D eigenvalue weighted by Gasteiger charge is 2.20. The number of para-hydroxylation sites is 1. The number of hydrogen-bond acceptors (Lipinski definition) is 4. The standard InChI is InChI=1S/C16H16N2O3/c1-9-8-12-15(16(21-4)10(9)2)17-14-11(18(12)19)6-5-7-13(14)20-3/h5-8H,1-4H3. The maximum absolute atomic E-state index is 12.7. The monoisotopic (exact) mass is 284 g/mol. The molecule has 0 atom stereocenters. The van der Waals surface area contributed by atoms with Crippen LogP contribution in [-0.2, 0) is 0 Å². The first-order chi connectivity index (χ1) is 10.1. The van der Waals surface area contributed by atoms with Crippen LogP contribution in [0.4, 0.5) is 0 Å². The van der Waals surface area contributed by atoms with Crippen molar-refractivity contribution >= 4 is 22.1 Å². The Hall–Kier alpha value is -2.56. The molecule has 0 bridgehead atoms. The Balaban J connectivity index is 2.57. The lowest BCUT2D eigenvalue weighted by atomic mass is 10.1. The second-order valence-corrected chi connectivity index (χ2v) is 4.95. The van der Waals surface area contributed by atoms with Crippen molar-refractivity contribution in [1.82, 2.24) is 4.98 Å². The summed E-state index contributed by atoms with van der Waals surface area (Å²) in [7, 11) is 3.15. The van der Waals surface area contributed by atoms with Gasteiger partial charge in [-0.3, -0.25) is 0 Å². The molecule has 108 valence electrons. The van der Waals surface area contributed by atoms with Crippen LogP contribution < -0.4 is 14.2 Å². The molecule has 0 radical (unpaired) electrons. The van der Waals surface area contributed by atoms with E-state index in [4.69, 9.17) is 9.47 Å². The van der Waals surface area contributed by atoms with Gasteiger partial charge >= 0.3 is 0 Å². The van der Waals surface area contributed by atoms with Gasteiger partial charge < -0.3 is 14.7 Å². The first kappa shape index (κ1) is 13.4. The van der Waals surface area contributed by atoms with E-state index in [0.29, 0.717) is 33.6 Å². The molecule has 0 N–H and O–H groups in total. The molecule has 0 saturated carbocycles. The maximum atomic E-state index is 12.7. The normalized spacial score (nSPS) is 11.0. The van der Waals surface area contributed by atoms with Crippen molar-refractivity contribution in [2.75, 3.05) is 14.2 Å². The van der Waals surface area contributed by atoms with Gasteiger partial charge in [-0.25, -0.2) is 4.98 Å². The summed E-state index contributed by atoms with van der Waals surface area (Å²) in [5, 5.41) is 12.7. The Kier molecular flexibility index (Phi) is 3.05. The first-order valence-corrected chi connectivity index (χ1v) is 6.62. The van der Waals surface area contributed by atoms with E-state index in [9.17, 15) is 5.21 Å². The highest BCUT2D eigenvalue weighted by atomic mass is 16.5. The second-order valence-electron chi connectivity index (χ2n) is 4.95. The molecule has 1 heterocycles. The van der Waals surface area contributed by atoms with Crippen molar-refractivity contribution in [3.63, 3.8) is 0 Å². The van der Waals surface area contributed by atoms with E-state index < -0.39 is 0 Å². The number of benzene rings is 2.